The maximum atomic E-state index is 12.2. The number of rotatable bonds is 10. The largest absolute Gasteiger partial charge is 0.343 e. The second-order valence-electron chi connectivity index (χ2n) is 6.22. The van der Waals surface area contributed by atoms with Crippen molar-refractivity contribution in [2.24, 2.45) is 11.7 Å². The third-order valence-corrected chi connectivity index (χ3v) is 3.30. The lowest BCUT2D eigenvalue weighted by Crippen LogP contribution is -2.50. The number of carbonyl (C=O) groups is 2. The van der Waals surface area contributed by atoms with E-state index >= 15 is 0 Å². The fourth-order valence-corrected chi connectivity index (χ4v) is 2.07. The van der Waals surface area contributed by atoms with Crippen LogP contribution in [0.2, 0.25) is 0 Å². The molecule has 0 aromatic heterocycles. The van der Waals surface area contributed by atoms with Crippen LogP contribution in [0.15, 0.2) is 11.8 Å². The summed E-state index contributed by atoms with van der Waals surface area (Å²) in [5.74, 6) is -0.121. The fourth-order valence-electron chi connectivity index (χ4n) is 2.07. The van der Waals surface area contributed by atoms with Crippen LogP contribution >= 0.6 is 0 Å². The molecule has 5 nitrogen and oxygen atoms in total. The number of nitrogens with two attached hydrogens (primary N) is 1. The molecule has 0 heterocycles. The SMILES string of the molecule is CCCC=C(CCC)NC(=O)[C@H](C)NC(=O)[C@@H](N)CC(C)C. The predicted octanol–water partition coefficient (Wildman–Crippen LogP) is 2.46. The molecule has 0 rings (SSSR count). The molecule has 128 valence electrons. The predicted molar refractivity (Wildman–Crippen MR) is 91.1 cm³/mol. The maximum absolute atomic E-state index is 12.2. The van der Waals surface area contributed by atoms with Crippen molar-refractivity contribution in [3.63, 3.8) is 0 Å². The second-order valence-corrected chi connectivity index (χ2v) is 6.22. The molecule has 2 amide bonds. The first-order valence-corrected chi connectivity index (χ1v) is 8.37. The van der Waals surface area contributed by atoms with Gasteiger partial charge in [0.2, 0.25) is 11.8 Å². The zero-order valence-corrected chi connectivity index (χ0v) is 14.7. The summed E-state index contributed by atoms with van der Waals surface area (Å²) in [6, 6.07) is -1.16. The Balaban J connectivity index is 4.48. The lowest BCUT2D eigenvalue weighted by atomic mass is 10.0. The normalized spacial score (nSPS) is 14.6. The van der Waals surface area contributed by atoms with Gasteiger partial charge in [0.15, 0.2) is 0 Å². The van der Waals surface area contributed by atoms with Crippen molar-refractivity contribution >= 4 is 11.8 Å². The lowest BCUT2D eigenvalue weighted by molar-refractivity contribution is -0.129. The number of hydrogen-bond acceptors (Lipinski definition) is 3. The van der Waals surface area contributed by atoms with Crippen molar-refractivity contribution in [3.8, 4) is 0 Å². The van der Waals surface area contributed by atoms with Crippen LogP contribution in [0.1, 0.15) is 66.7 Å². The first-order chi connectivity index (χ1) is 10.3. The Labute approximate surface area is 135 Å². The highest BCUT2D eigenvalue weighted by Crippen LogP contribution is 2.05. The smallest absolute Gasteiger partial charge is 0.246 e. The molecule has 0 fully saturated rings. The molecule has 5 heteroatoms. The number of hydrogen-bond donors (Lipinski definition) is 3. The number of amides is 2. The van der Waals surface area contributed by atoms with Gasteiger partial charge in [0.25, 0.3) is 0 Å². The van der Waals surface area contributed by atoms with Gasteiger partial charge in [-0.1, -0.05) is 46.6 Å². The lowest BCUT2D eigenvalue weighted by Gasteiger charge is -2.19. The molecule has 0 saturated heterocycles. The minimum absolute atomic E-state index is 0.194. The number of carbonyl (C=O) groups excluding carboxylic acids is 2. The monoisotopic (exact) mass is 311 g/mol. The first-order valence-electron chi connectivity index (χ1n) is 8.37. The molecule has 0 aliphatic carbocycles. The van der Waals surface area contributed by atoms with Crippen LogP contribution in [-0.2, 0) is 9.59 Å². The molecule has 0 aliphatic heterocycles. The molecule has 2 atom stereocenters. The molecule has 0 aromatic carbocycles. The zero-order chi connectivity index (χ0) is 17.1. The Morgan fingerprint density at radius 3 is 2.23 bits per heavy atom. The molecular formula is C17H33N3O2. The standard InChI is InChI=1S/C17H33N3O2/c1-6-8-10-14(9-7-2)20-16(21)13(5)19-17(22)15(18)11-12(3)4/h10,12-13,15H,6-9,11,18H2,1-5H3,(H,19,22)(H,20,21)/t13-,15-/m0/s1. The summed E-state index contributed by atoms with van der Waals surface area (Å²) >= 11 is 0. The number of allylic oxidation sites excluding steroid dienone is 2. The van der Waals surface area contributed by atoms with Gasteiger partial charge in [-0.25, -0.2) is 0 Å². The van der Waals surface area contributed by atoms with Gasteiger partial charge >= 0.3 is 0 Å². The highest BCUT2D eigenvalue weighted by molar-refractivity contribution is 5.90. The minimum Gasteiger partial charge on any atom is -0.343 e. The van der Waals surface area contributed by atoms with Crippen molar-refractivity contribution in [1.29, 1.82) is 0 Å². The highest BCUT2D eigenvalue weighted by atomic mass is 16.2. The third kappa shape index (κ3) is 8.82. The molecule has 0 saturated carbocycles. The summed E-state index contributed by atoms with van der Waals surface area (Å²) in [6.45, 7) is 9.87. The molecule has 0 bridgehead atoms. The fraction of sp³-hybridized carbons (Fsp3) is 0.765. The number of nitrogens with one attached hydrogen (secondary N) is 2. The van der Waals surface area contributed by atoms with Gasteiger partial charge in [-0.15, -0.1) is 0 Å². The van der Waals surface area contributed by atoms with E-state index in [1.807, 2.05) is 13.8 Å². The van der Waals surface area contributed by atoms with E-state index in [0.29, 0.717) is 12.3 Å². The highest BCUT2D eigenvalue weighted by Gasteiger charge is 2.21. The summed E-state index contributed by atoms with van der Waals surface area (Å²) in [6.07, 6.45) is 6.45. The van der Waals surface area contributed by atoms with E-state index in [0.717, 1.165) is 31.4 Å². The second kappa shape index (κ2) is 11.2. The molecule has 0 unspecified atom stereocenters. The summed E-state index contributed by atoms with van der Waals surface area (Å²) in [5, 5.41) is 5.59. The van der Waals surface area contributed by atoms with Gasteiger partial charge in [0.1, 0.15) is 6.04 Å². The summed E-state index contributed by atoms with van der Waals surface area (Å²) in [7, 11) is 0. The minimum atomic E-state index is -0.590. The van der Waals surface area contributed by atoms with Crippen molar-refractivity contribution < 1.29 is 9.59 Å². The van der Waals surface area contributed by atoms with Gasteiger partial charge in [-0.2, -0.15) is 0 Å². The van der Waals surface area contributed by atoms with E-state index < -0.39 is 12.1 Å². The van der Waals surface area contributed by atoms with E-state index in [-0.39, 0.29) is 11.8 Å². The topological polar surface area (TPSA) is 84.2 Å². The zero-order valence-electron chi connectivity index (χ0n) is 14.7. The van der Waals surface area contributed by atoms with Crippen LogP contribution in [0.4, 0.5) is 0 Å². The van der Waals surface area contributed by atoms with Crippen LogP contribution in [0, 0.1) is 5.92 Å². The van der Waals surface area contributed by atoms with Crippen LogP contribution in [0.3, 0.4) is 0 Å². The Bertz CT molecular complexity index is 378. The van der Waals surface area contributed by atoms with Gasteiger partial charge < -0.3 is 16.4 Å². The molecular weight excluding hydrogens is 278 g/mol. The quantitative estimate of drug-likeness (QED) is 0.579. The van der Waals surface area contributed by atoms with Gasteiger partial charge in [-0.3, -0.25) is 9.59 Å². The van der Waals surface area contributed by atoms with Gasteiger partial charge in [-0.05, 0) is 32.1 Å². The molecule has 0 radical (unpaired) electrons. The average molecular weight is 311 g/mol. The van der Waals surface area contributed by atoms with Gasteiger partial charge in [0, 0.05) is 5.70 Å². The summed E-state index contributed by atoms with van der Waals surface area (Å²) in [5.41, 5.74) is 6.76. The van der Waals surface area contributed by atoms with Crippen LogP contribution in [0.5, 0.6) is 0 Å². The number of unbranched alkanes of at least 4 members (excludes halogenated alkanes) is 1. The van der Waals surface area contributed by atoms with Crippen molar-refractivity contribution in [1.82, 2.24) is 10.6 Å². The van der Waals surface area contributed by atoms with Gasteiger partial charge in [0.05, 0.1) is 6.04 Å². The van der Waals surface area contributed by atoms with Crippen molar-refractivity contribution in [2.45, 2.75) is 78.8 Å². The molecule has 0 aromatic rings. The van der Waals surface area contributed by atoms with E-state index in [1.54, 1.807) is 6.92 Å². The summed E-state index contributed by atoms with van der Waals surface area (Å²) < 4.78 is 0. The van der Waals surface area contributed by atoms with Crippen molar-refractivity contribution in [2.75, 3.05) is 0 Å². The first kappa shape index (κ1) is 20.6. The Hall–Kier alpha value is -1.36. The van der Waals surface area contributed by atoms with E-state index in [2.05, 4.69) is 30.6 Å². The molecule has 22 heavy (non-hydrogen) atoms. The van der Waals surface area contributed by atoms with E-state index in [1.165, 1.54) is 0 Å². The maximum Gasteiger partial charge on any atom is 0.246 e. The van der Waals surface area contributed by atoms with E-state index in [4.69, 9.17) is 5.73 Å². The Kier molecular flexibility index (Phi) is 10.5. The Morgan fingerprint density at radius 1 is 1.09 bits per heavy atom. The van der Waals surface area contributed by atoms with Crippen molar-refractivity contribution in [3.05, 3.63) is 11.8 Å². The van der Waals surface area contributed by atoms with Crippen LogP contribution < -0.4 is 16.4 Å². The third-order valence-electron chi connectivity index (χ3n) is 3.30. The Morgan fingerprint density at radius 2 is 1.73 bits per heavy atom. The molecule has 4 N–H and O–H groups in total. The van der Waals surface area contributed by atoms with E-state index in [9.17, 15) is 9.59 Å². The summed E-state index contributed by atoms with van der Waals surface area (Å²) in [4.78, 5) is 24.1. The molecule has 0 aliphatic rings. The molecule has 0 spiro atoms. The van der Waals surface area contributed by atoms with Crippen LogP contribution in [0.25, 0.3) is 0 Å². The average Bonchev–Trinajstić information content (AvgIpc) is 2.43. The van der Waals surface area contributed by atoms with Crippen LogP contribution in [-0.4, -0.2) is 23.9 Å².